The van der Waals surface area contributed by atoms with Crippen LogP contribution in [0, 0.1) is 11.8 Å². The van der Waals surface area contributed by atoms with Crippen LogP contribution in [-0.2, 0) is 0 Å². The van der Waals surface area contributed by atoms with Crippen molar-refractivity contribution in [1.29, 1.82) is 0 Å². The Bertz CT molecular complexity index is 125. The third kappa shape index (κ3) is 4.53. The van der Waals surface area contributed by atoms with Gasteiger partial charge in [0.2, 0.25) is 0 Å². The molecular formula is C6H10ClOSi. The van der Waals surface area contributed by atoms with Gasteiger partial charge in [-0.05, 0) is 0 Å². The van der Waals surface area contributed by atoms with E-state index >= 15 is 0 Å². The van der Waals surface area contributed by atoms with Crippen LogP contribution < -0.4 is 0 Å². The average molecular weight is 162 g/mol. The number of hydrogen-bond donors (Lipinski definition) is 1. The molecule has 0 bridgehead atoms. The first-order valence-corrected chi connectivity index (χ1v) is 5.82. The highest BCUT2D eigenvalue weighted by atomic mass is 35.5. The molecular weight excluding hydrogens is 152 g/mol. The summed E-state index contributed by atoms with van der Waals surface area (Å²) in [6, 6.07) is 0. The number of aliphatic hydroxyl groups is 1. The van der Waals surface area contributed by atoms with E-state index in [2.05, 4.69) is 11.8 Å². The molecule has 1 unspecified atom stereocenters. The maximum atomic E-state index is 9.07. The Balaban J connectivity index is 3.61. The molecule has 3 heteroatoms. The van der Waals surface area contributed by atoms with E-state index in [1.165, 1.54) is 0 Å². The van der Waals surface area contributed by atoms with E-state index < -0.39 is 14.5 Å². The summed E-state index contributed by atoms with van der Waals surface area (Å²) in [7, 11) is -0.661. The smallest absolute Gasteiger partial charge is 0.100 e. The van der Waals surface area contributed by atoms with E-state index in [0.29, 0.717) is 5.88 Å². The van der Waals surface area contributed by atoms with Crippen LogP contribution in [0.15, 0.2) is 0 Å². The van der Waals surface area contributed by atoms with Crippen LogP contribution in [0.25, 0.3) is 0 Å². The van der Waals surface area contributed by atoms with Crippen LogP contribution in [0.3, 0.4) is 0 Å². The molecule has 0 amide bonds. The summed E-state index contributed by atoms with van der Waals surface area (Å²) in [4.78, 5) is 0. The molecule has 0 aromatic carbocycles. The second kappa shape index (κ2) is 4.86. The molecule has 1 N–H and O–H groups in total. The number of alkyl halides is 1. The lowest BCUT2D eigenvalue weighted by molar-refractivity contribution is 0.304. The fraction of sp³-hybridized carbons (Fsp3) is 0.667. The minimum atomic E-state index is -0.661. The standard InChI is InChI=1S/C6H10ClOSi/c1-9(2)6(8)4-3-5-7/h6,8H,5H2,1-2H3. The second-order valence-electron chi connectivity index (χ2n) is 1.93. The Hall–Kier alpha value is 0.0269. The third-order valence-electron chi connectivity index (χ3n) is 0.852. The highest BCUT2D eigenvalue weighted by Crippen LogP contribution is 1.87. The Labute approximate surface area is 62.6 Å². The zero-order valence-electron chi connectivity index (χ0n) is 5.61. The molecule has 1 nitrogen and oxygen atoms in total. The van der Waals surface area contributed by atoms with Gasteiger partial charge in [-0.15, -0.1) is 11.6 Å². The Morgan fingerprint density at radius 2 is 2.22 bits per heavy atom. The molecule has 0 aromatic rings. The Morgan fingerprint density at radius 1 is 1.67 bits per heavy atom. The van der Waals surface area contributed by atoms with E-state index in [-0.39, 0.29) is 0 Å². The summed E-state index contributed by atoms with van der Waals surface area (Å²) >= 11 is 5.28. The molecule has 0 aliphatic heterocycles. The lowest BCUT2D eigenvalue weighted by Gasteiger charge is -2.02. The molecule has 0 fully saturated rings. The topological polar surface area (TPSA) is 20.2 Å². The second-order valence-corrected chi connectivity index (χ2v) is 4.90. The first-order chi connectivity index (χ1) is 4.18. The van der Waals surface area contributed by atoms with Crippen molar-refractivity contribution in [2.24, 2.45) is 0 Å². The van der Waals surface area contributed by atoms with Gasteiger partial charge in [-0.2, -0.15) is 0 Å². The van der Waals surface area contributed by atoms with Crippen LogP contribution >= 0.6 is 11.6 Å². The fourth-order valence-electron chi connectivity index (χ4n) is 0.280. The van der Waals surface area contributed by atoms with Crippen molar-refractivity contribution < 1.29 is 5.11 Å². The van der Waals surface area contributed by atoms with Crippen molar-refractivity contribution in [3.63, 3.8) is 0 Å². The van der Waals surface area contributed by atoms with Crippen molar-refractivity contribution in [2.75, 3.05) is 5.88 Å². The molecule has 9 heavy (non-hydrogen) atoms. The van der Waals surface area contributed by atoms with E-state index in [1.807, 2.05) is 13.1 Å². The van der Waals surface area contributed by atoms with Gasteiger partial charge in [-0.25, -0.2) is 0 Å². The van der Waals surface area contributed by atoms with Gasteiger partial charge in [0.15, 0.2) is 0 Å². The highest BCUT2D eigenvalue weighted by molar-refractivity contribution is 6.58. The largest absolute Gasteiger partial charge is 0.384 e. The molecule has 0 saturated heterocycles. The molecule has 1 radical (unpaired) electrons. The lowest BCUT2D eigenvalue weighted by Crippen LogP contribution is -2.21. The van der Waals surface area contributed by atoms with Gasteiger partial charge >= 0.3 is 0 Å². The van der Waals surface area contributed by atoms with Crippen LogP contribution in [0.1, 0.15) is 0 Å². The molecule has 0 aliphatic rings. The number of rotatable bonds is 1. The summed E-state index contributed by atoms with van der Waals surface area (Å²) in [6.45, 7) is 4.02. The van der Waals surface area contributed by atoms with Gasteiger partial charge < -0.3 is 5.11 Å². The van der Waals surface area contributed by atoms with Gasteiger partial charge in [-0.3, -0.25) is 0 Å². The number of aliphatic hydroxyl groups excluding tert-OH is 1. The van der Waals surface area contributed by atoms with Gasteiger partial charge in [0.25, 0.3) is 0 Å². The van der Waals surface area contributed by atoms with Gasteiger partial charge in [0.1, 0.15) is 5.73 Å². The van der Waals surface area contributed by atoms with Crippen molar-refractivity contribution in [1.82, 2.24) is 0 Å². The Morgan fingerprint density at radius 3 is 2.56 bits per heavy atom. The van der Waals surface area contributed by atoms with E-state index in [0.717, 1.165) is 0 Å². The molecule has 0 aromatic heterocycles. The summed E-state index contributed by atoms with van der Waals surface area (Å²) in [5.41, 5.74) is -0.422. The zero-order valence-corrected chi connectivity index (χ0v) is 7.37. The van der Waals surface area contributed by atoms with Gasteiger partial charge in [-0.1, -0.05) is 24.9 Å². The first-order valence-electron chi connectivity index (χ1n) is 2.71. The van der Waals surface area contributed by atoms with Gasteiger partial charge in [0.05, 0.1) is 14.7 Å². The molecule has 0 rings (SSSR count). The van der Waals surface area contributed by atoms with Crippen molar-refractivity contribution in [3.8, 4) is 11.8 Å². The fourth-order valence-corrected chi connectivity index (χ4v) is 0.747. The normalized spacial score (nSPS) is 12.6. The maximum absolute atomic E-state index is 9.07. The van der Waals surface area contributed by atoms with Crippen LogP contribution in [0.2, 0.25) is 13.1 Å². The van der Waals surface area contributed by atoms with Gasteiger partial charge in [0, 0.05) is 0 Å². The van der Waals surface area contributed by atoms with Crippen LogP contribution in [-0.4, -0.2) is 25.5 Å². The summed E-state index contributed by atoms with van der Waals surface area (Å²) in [6.07, 6.45) is 0. The zero-order chi connectivity index (χ0) is 7.28. The van der Waals surface area contributed by atoms with Crippen LogP contribution in [0.4, 0.5) is 0 Å². The van der Waals surface area contributed by atoms with Crippen molar-refractivity contribution in [2.45, 2.75) is 18.8 Å². The molecule has 0 saturated carbocycles. The average Bonchev–Trinajstić information content (AvgIpc) is 1.82. The monoisotopic (exact) mass is 161 g/mol. The first kappa shape index (κ1) is 9.03. The quantitative estimate of drug-likeness (QED) is 0.344. The predicted molar refractivity (Wildman–Crippen MR) is 42.0 cm³/mol. The lowest BCUT2D eigenvalue weighted by atomic mass is 10.6. The molecule has 1 atom stereocenters. The van der Waals surface area contributed by atoms with Crippen LogP contribution in [0.5, 0.6) is 0 Å². The van der Waals surface area contributed by atoms with E-state index in [4.69, 9.17) is 16.7 Å². The highest BCUT2D eigenvalue weighted by Gasteiger charge is 2.05. The minimum absolute atomic E-state index is 0.312. The molecule has 0 aliphatic carbocycles. The predicted octanol–water partition coefficient (Wildman–Crippen LogP) is 0.883. The Kier molecular flexibility index (Phi) is 4.88. The van der Waals surface area contributed by atoms with Crippen molar-refractivity contribution >= 4 is 20.4 Å². The SMILES string of the molecule is C[Si](C)C(O)C#CCCl. The summed E-state index contributed by atoms with van der Waals surface area (Å²) < 4.78 is 0. The number of hydrogen-bond acceptors (Lipinski definition) is 1. The molecule has 0 heterocycles. The minimum Gasteiger partial charge on any atom is -0.384 e. The molecule has 0 spiro atoms. The summed E-state index contributed by atoms with van der Waals surface area (Å²) in [5, 5.41) is 9.07. The van der Waals surface area contributed by atoms with E-state index in [1.54, 1.807) is 0 Å². The summed E-state index contributed by atoms with van der Waals surface area (Å²) in [5.74, 6) is 5.58. The number of halogens is 1. The van der Waals surface area contributed by atoms with Crippen molar-refractivity contribution in [3.05, 3.63) is 0 Å². The third-order valence-corrected chi connectivity index (χ3v) is 2.22. The molecule has 51 valence electrons. The van der Waals surface area contributed by atoms with E-state index in [9.17, 15) is 0 Å². The maximum Gasteiger partial charge on any atom is 0.100 e.